The molecule has 1 amide bonds. The molecule has 0 fully saturated rings. The molecule has 0 aromatic rings. The number of amides is 1. The van der Waals surface area contributed by atoms with Crippen molar-refractivity contribution in [2.75, 3.05) is 20.7 Å². The van der Waals surface area contributed by atoms with Crippen molar-refractivity contribution in [2.24, 2.45) is 5.73 Å². The lowest BCUT2D eigenvalue weighted by Crippen LogP contribution is -2.22. The van der Waals surface area contributed by atoms with Gasteiger partial charge in [-0.2, -0.15) is 0 Å². The van der Waals surface area contributed by atoms with Gasteiger partial charge in [-0.15, -0.1) is 0 Å². The van der Waals surface area contributed by atoms with Gasteiger partial charge in [-0.05, 0) is 26.0 Å². The Morgan fingerprint density at radius 1 is 1.31 bits per heavy atom. The highest BCUT2D eigenvalue weighted by Gasteiger charge is 2.15. The summed E-state index contributed by atoms with van der Waals surface area (Å²) in [4.78, 5) is 24.2. The predicted molar refractivity (Wildman–Crippen MR) is 61.4 cm³/mol. The molecule has 0 radical (unpaired) electrons. The van der Waals surface area contributed by atoms with Crippen molar-refractivity contribution in [1.82, 2.24) is 4.90 Å². The van der Waals surface area contributed by atoms with E-state index in [1.807, 2.05) is 25.9 Å². The van der Waals surface area contributed by atoms with Gasteiger partial charge in [0.1, 0.15) is 5.57 Å². The molecule has 0 heterocycles. The van der Waals surface area contributed by atoms with Crippen LogP contribution in [0.2, 0.25) is 0 Å². The maximum atomic E-state index is 11.3. The van der Waals surface area contributed by atoms with Gasteiger partial charge in [0.05, 0.1) is 6.61 Å². The quantitative estimate of drug-likeness (QED) is 0.242. The molecular formula is C11H18N2O3. The summed E-state index contributed by atoms with van der Waals surface area (Å²) in [6.45, 7) is 3.72. The van der Waals surface area contributed by atoms with Crippen molar-refractivity contribution in [3.05, 3.63) is 23.4 Å². The Morgan fingerprint density at radius 2 is 1.88 bits per heavy atom. The molecule has 0 aliphatic heterocycles. The summed E-state index contributed by atoms with van der Waals surface area (Å²) < 4.78 is 4.71. The number of nitrogens with zero attached hydrogens (tertiary/aromatic N) is 1. The number of hydrogen-bond donors (Lipinski definition) is 1. The van der Waals surface area contributed by atoms with E-state index in [1.54, 1.807) is 13.0 Å². The van der Waals surface area contributed by atoms with Crippen LogP contribution in [0.25, 0.3) is 0 Å². The van der Waals surface area contributed by atoms with Crippen LogP contribution in [0.5, 0.6) is 0 Å². The van der Waals surface area contributed by atoms with Crippen LogP contribution in [0, 0.1) is 0 Å². The highest BCUT2D eigenvalue weighted by molar-refractivity contribution is 6.15. The number of primary amides is 1. The minimum atomic E-state index is -0.791. The van der Waals surface area contributed by atoms with E-state index in [0.29, 0.717) is 0 Å². The van der Waals surface area contributed by atoms with E-state index >= 15 is 0 Å². The number of esters is 1. The van der Waals surface area contributed by atoms with Crippen molar-refractivity contribution in [2.45, 2.75) is 13.8 Å². The number of carbonyl (C=O) groups is 2. The average molecular weight is 226 g/mol. The second kappa shape index (κ2) is 6.66. The van der Waals surface area contributed by atoms with Crippen LogP contribution in [0.1, 0.15) is 13.8 Å². The summed E-state index contributed by atoms with van der Waals surface area (Å²) in [5.41, 5.74) is 5.82. The monoisotopic (exact) mass is 226 g/mol. The number of carbonyl (C=O) groups excluding carboxylic acids is 2. The van der Waals surface area contributed by atoms with Crippen molar-refractivity contribution in [3.63, 3.8) is 0 Å². The maximum Gasteiger partial charge on any atom is 0.343 e. The van der Waals surface area contributed by atoms with Gasteiger partial charge >= 0.3 is 5.97 Å². The van der Waals surface area contributed by atoms with Crippen molar-refractivity contribution < 1.29 is 14.3 Å². The summed E-state index contributed by atoms with van der Waals surface area (Å²) >= 11 is 0. The molecule has 0 atom stereocenters. The van der Waals surface area contributed by atoms with Gasteiger partial charge in [0, 0.05) is 19.8 Å². The van der Waals surface area contributed by atoms with Gasteiger partial charge in [0.25, 0.3) is 5.91 Å². The summed E-state index contributed by atoms with van der Waals surface area (Å²) in [6, 6.07) is 0. The van der Waals surface area contributed by atoms with Gasteiger partial charge in [-0.1, -0.05) is 0 Å². The lowest BCUT2D eigenvalue weighted by atomic mass is 10.2. The Bertz CT molecular complexity index is 330. The topological polar surface area (TPSA) is 72.6 Å². The third-order valence-corrected chi connectivity index (χ3v) is 1.96. The molecule has 0 bridgehead atoms. The predicted octanol–water partition coefficient (Wildman–Crippen LogP) is 0.427. The van der Waals surface area contributed by atoms with E-state index in [9.17, 15) is 9.59 Å². The zero-order chi connectivity index (χ0) is 12.7. The number of rotatable bonds is 5. The SMILES string of the molecule is CCOC(=O)/C(=C\C=C(\C)N(C)C)C(N)=O. The molecular weight excluding hydrogens is 208 g/mol. The molecule has 5 nitrogen and oxygen atoms in total. The molecule has 2 N–H and O–H groups in total. The summed E-state index contributed by atoms with van der Waals surface area (Å²) in [6.07, 6.45) is 3.01. The van der Waals surface area contributed by atoms with Crippen LogP contribution in [-0.4, -0.2) is 37.5 Å². The third kappa shape index (κ3) is 4.63. The fourth-order valence-electron chi connectivity index (χ4n) is 0.813. The van der Waals surface area contributed by atoms with Crippen LogP contribution in [0.4, 0.5) is 0 Å². The molecule has 0 rings (SSSR count). The third-order valence-electron chi connectivity index (χ3n) is 1.96. The standard InChI is InChI=1S/C11H18N2O3/c1-5-16-11(15)9(10(12)14)7-6-8(2)13(3)4/h6-7H,5H2,1-4H3,(H2,12,14)/b8-6-,9-7-. The van der Waals surface area contributed by atoms with Gasteiger partial charge in [-0.25, -0.2) is 4.79 Å². The molecule has 0 saturated heterocycles. The Balaban J connectivity index is 4.93. The smallest absolute Gasteiger partial charge is 0.343 e. The molecule has 0 unspecified atom stereocenters. The van der Waals surface area contributed by atoms with E-state index in [2.05, 4.69) is 0 Å². The summed E-state index contributed by atoms with van der Waals surface area (Å²) in [5.74, 6) is -1.49. The highest BCUT2D eigenvalue weighted by atomic mass is 16.5. The molecule has 0 aliphatic carbocycles. The second-order valence-electron chi connectivity index (χ2n) is 3.37. The zero-order valence-electron chi connectivity index (χ0n) is 10.1. The number of ether oxygens (including phenoxy) is 1. The Labute approximate surface area is 95.5 Å². The Hall–Kier alpha value is -1.78. The van der Waals surface area contributed by atoms with Gasteiger partial charge in [0.15, 0.2) is 0 Å². The van der Waals surface area contributed by atoms with Gasteiger partial charge in [0.2, 0.25) is 0 Å². The first-order valence-corrected chi connectivity index (χ1v) is 4.93. The second-order valence-corrected chi connectivity index (χ2v) is 3.37. The number of hydrogen-bond acceptors (Lipinski definition) is 4. The maximum absolute atomic E-state index is 11.3. The van der Waals surface area contributed by atoms with Crippen molar-refractivity contribution in [3.8, 4) is 0 Å². The van der Waals surface area contributed by atoms with Gasteiger partial charge < -0.3 is 15.4 Å². The molecule has 0 spiro atoms. The van der Waals surface area contributed by atoms with Crippen molar-refractivity contribution >= 4 is 11.9 Å². The average Bonchev–Trinajstić information content (AvgIpc) is 2.17. The van der Waals surface area contributed by atoms with E-state index in [4.69, 9.17) is 10.5 Å². The molecule has 0 aliphatic rings. The molecule has 16 heavy (non-hydrogen) atoms. The Morgan fingerprint density at radius 3 is 2.25 bits per heavy atom. The fraction of sp³-hybridized carbons (Fsp3) is 0.455. The highest BCUT2D eigenvalue weighted by Crippen LogP contribution is 2.02. The first-order valence-electron chi connectivity index (χ1n) is 4.93. The first kappa shape index (κ1) is 14.2. The van der Waals surface area contributed by atoms with Crippen LogP contribution >= 0.6 is 0 Å². The lowest BCUT2D eigenvalue weighted by molar-refractivity contribution is -0.139. The minimum Gasteiger partial charge on any atom is -0.462 e. The van der Waals surface area contributed by atoms with Crippen LogP contribution in [-0.2, 0) is 14.3 Å². The first-order chi connectivity index (χ1) is 7.40. The van der Waals surface area contributed by atoms with Crippen LogP contribution < -0.4 is 5.73 Å². The summed E-state index contributed by atoms with van der Waals surface area (Å²) in [7, 11) is 3.71. The Kier molecular flexibility index (Phi) is 5.92. The van der Waals surface area contributed by atoms with E-state index in [1.165, 1.54) is 6.08 Å². The molecule has 5 heteroatoms. The van der Waals surface area contributed by atoms with Crippen molar-refractivity contribution in [1.29, 1.82) is 0 Å². The van der Waals surface area contributed by atoms with E-state index < -0.39 is 11.9 Å². The lowest BCUT2D eigenvalue weighted by Gasteiger charge is -2.11. The molecule has 0 aromatic heterocycles. The zero-order valence-corrected chi connectivity index (χ0v) is 10.1. The van der Waals surface area contributed by atoms with E-state index in [0.717, 1.165) is 5.70 Å². The molecule has 0 aromatic carbocycles. The minimum absolute atomic E-state index is 0.150. The van der Waals surface area contributed by atoms with E-state index in [-0.39, 0.29) is 12.2 Å². The van der Waals surface area contributed by atoms with Gasteiger partial charge in [-0.3, -0.25) is 4.79 Å². The summed E-state index contributed by atoms with van der Waals surface area (Å²) in [5, 5.41) is 0. The number of nitrogens with two attached hydrogens (primary N) is 1. The normalized spacial score (nSPS) is 12.2. The molecule has 90 valence electrons. The number of allylic oxidation sites excluding steroid dienone is 3. The largest absolute Gasteiger partial charge is 0.462 e. The van der Waals surface area contributed by atoms with Crippen LogP contribution in [0.3, 0.4) is 0 Å². The molecule has 0 saturated carbocycles. The van der Waals surface area contributed by atoms with Crippen LogP contribution in [0.15, 0.2) is 23.4 Å². The fourth-order valence-corrected chi connectivity index (χ4v) is 0.813.